The Morgan fingerprint density at radius 1 is 0.920 bits per heavy atom. The molecule has 1 nitrogen and oxygen atoms in total. The van der Waals surface area contributed by atoms with Gasteiger partial charge in [0.05, 0.1) is 0 Å². The first-order chi connectivity index (χ1) is 11.8. The molecule has 0 aliphatic rings. The first-order valence-electron chi connectivity index (χ1n) is 10.2. The van der Waals surface area contributed by atoms with E-state index in [0.29, 0.717) is 22.5 Å². The molecule has 1 rings (SSSR count). The van der Waals surface area contributed by atoms with Gasteiger partial charge >= 0.3 is 0 Å². The maximum Gasteiger partial charge on any atom is 0.258 e. The highest BCUT2D eigenvalue weighted by molar-refractivity contribution is 6.78. The molecule has 0 saturated heterocycles. The predicted molar refractivity (Wildman–Crippen MR) is 115 cm³/mol. The van der Waals surface area contributed by atoms with E-state index in [0.717, 1.165) is 5.76 Å². The Balaban J connectivity index is 3.29. The van der Waals surface area contributed by atoms with Gasteiger partial charge in [-0.2, -0.15) is 0 Å². The van der Waals surface area contributed by atoms with Crippen molar-refractivity contribution in [2.75, 3.05) is 0 Å². The molecular formula is C23H40OSi. The van der Waals surface area contributed by atoms with Gasteiger partial charge < -0.3 is 4.43 Å². The molecule has 1 atom stereocenters. The van der Waals surface area contributed by atoms with Crippen LogP contribution >= 0.6 is 0 Å². The van der Waals surface area contributed by atoms with Crippen LogP contribution in [-0.4, -0.2) is 8.32 Å². The van der Waals surface area contributed by atoms with Crippen molar-refractivity contribution in [1.82, 2.24) is 0 Å². The monoisotopic (exact) mass is 360 g/mol. The Morgan fingerprint density at radius 3 is 1.88 bits per heavy atom. The van der Waals surface area contributed by atoms with E-state index < -0.39 is 8.32 Å². The van der Waals surface area contributed by atoms with E-state index in [1.807, 2.05) is 0 Å². The van der Waals surface area contributed by atoms with Gasteiger partial charge in [0, 0.05) is 5.56 Å². The fourth-order valence-electron chi connectivity index (χ4n) is 4.20. The summed E-state index contributed by atoms with van der Waals surface area (Å²) in [5.74, 6) is 1.67. The largest absolute Gasteiger partial charge is 0.542 e. The van der Waals surface area contributed by atoms with E-state index in [1.54, 1.807) is 0 Å². The van der Waals surface area contributed by atoms with Crippen LogP contribution in [0.25, 0.3) is 5.76 Å². The molecule has 0 aromatic heterocycles. The number of allylic oxidation sites excluding steroid dienone is 1. The molecule has 1 unspecified atom stereocenters. The molecule has 0 bridgehead atoms. The third kappa shape index (κ3) is 5.74. The van der Waals surface area contributed by atoms with Crippen LogP contribution in [0.5, 0.6) is 0 Å². The number of hydrogen-bond acceptors (Lipinski definition) is 1. The lowest BCUT2D eigenvalue weighted by atomic mass is 10.0. The molecule has 0 aliphatic carbocycles. The first kappa shape index (κ1) is 22.0. The molecule has 0 fully saturated rings. The third-order valence-corrected chi connectivity index (χ3v) is 11.5. The Bertz CT molecular complexity index is 494. The second-order valence-corrected chi connectivity index (χ2v) is 13.8. The maximum atomic E-state index is 7.06. The summed E-state index contributed by atoms with van der Waals surface area (Å²) in [4.78, 5) is 0. The Kier molecular flexibility index (Phi) is 8.99. The molecule has 142 valence electrons. The molecule has 1 aromatic rings. The van der Waals surface area contributed by atoms with Crippen LogP contribution in [0.4, 0.5) is 0 Å². The summed E-state index contributed by atoms with van der Waals surface area (Å²) in [6.07, 6.45) is 6.15. The van der Waals surface area contributed by atoms with Crippen molar-refractivity contribution in [1.29, 1.82) is 0 Å². The number of unbranched alkanes of at least 4 members (excludes halogenated alkanes) is 1. The number of hydrogen-bond donors (Lipinski definition) is 0. The lowest BCUT2D eigenvalue weighted by molar-refractivity contribution is 0.438. The van der Waals surface area contributed by atoms with Crippen molar-refractivity contribution < 1.29 is 4.43 Å². The summed E-state index contributed by atoms with van der Waals surface area (Å²) in [6.45, 7) is 18.7. The fraction of sp³-hybridized carbons (Fsp3) is 0.652. The van der Waals surface area contributed by atoms with Crippen LogP contribution < -0.4 is 0 Å². The van der Waals surface area contributed by atoms with Crippen LogP contribution in [0.3, 0.4) is 0 Å². The second kappa shape index (κ2) is 10.2. The summed E-state index contributed by atoms with van der Waals surface area (Å²) in [5.41, 5.74) is 2.99. The van der Waals surface area contributed by atoms with Crippen LogP contribution in [0, 0.1) is 5.92 Å². The van der Waals surface area contributed by atoms with Gasteiger partial charge in [-0.25, -0.2) is 0 Å². The topological polar surface area (TPSA) is 9.23 Å². The van der Waals surface area contributed by atoms with Crippen molar-refractivity contribution in [2.24, 2.45) is 5.92 Å². The summed E-state index contributed by atoms with van der Waals surface area (Å²) in [7, 11) is -1.94. The molecule has 0 N–H and O–H groups in total. The summed E-state index contributed by atoms with van der Waals surface area (Å²) >= 11 is 0. The lowest BCUT2D eigenvalue weighted by Gasteiger charge is -2.43. The molecule has 0 spiro atoms. The average molecular weight is 361 g/mol. The Labute approximate surface area is 158 Å². The minimum Gasteiger partial charge on any atom is -0.542 e. The van der Waals surface area contributed by atoms with Crippen molar-refractivity contribution >= 4 is 14.1 Å². The minimum atomic E-state index is -1.94. The Hall–Kier alpha value is -1.02. The summed E-state index contributed by atoms with van der Waals surface area (Å²) in [6, 6.07) is 10.7. The van der Waals surface area contributed by atoms with Crippen molar-refractivity contribution in [3.63, 3.8) is 0 Å². The SMILES string of the molecule is CCCCC(C)/C=C(\O[Si](C(C)C)(C(C)C)C(C)C)c1ccccc1. The summed E-state index contributed by atoms with van der Waals surface area (Å²) in [5, 5.41) is 0. The van der Waals surface area contributed by atoms with Crippen molar-refractivity contribution in [3.8, 4) is 0 Å². The molecule has 0 radical (unpaired) electrons. The maximum absolute atomic E-state index is 7.06. The van der Waals surface area contributed by atoms with Gasteiger partial charge in [-0.1, -0.05) is 98.6 Å². The van der Waals surface area contributed by atoms with Gasteiger partial charge in [0.2, 0.25) is 0 Å². The average Bonchev–Trinajstić information content (AvgIpc) is 2.56. The Morgan fingerprint density at radius 2 is 1.44 bits per heavy atom. The van der Waals surface area contributed by atoms with E-state index in [-0.39, 0.29) is 0 Å². The van der Waals surface area contributed by atoms with E-state index >= 15 is 0 Å². The zero-order valence-corrected chi connectivity index (χ0v) is 18.8. The van der Waals surface area contributed by atoms with Gasteiger partial charge in [-0.3, -0.25) is 0 Å². The molecule has 25 heavy (non-hydrogen) atoms. The van der Waals surface area contributed by atoms with Gasteiger partial charge in [-0.05, 0) is 35.0 Å². The first-order valence-corrected chi connectivity index (χ1v) is 12.4. The molecule has 1 aromatic carbocycles. The van der Waals surface area contributed by atoms with E-state index in [1.165, 1.54) is 24.8 Å². The van der Waals surface area contributed by atoms with E-state index in [4.69, 9.17) is 4.43 Å². The fourth-order valence-corrected chi connectivity index (χ4v) is 9.48. The predicted octanol–water partition coefficient (Wildman–Crippen LogP) is 8.05. The van der Waals surface area contributed by atoms with Crippen LogP contribution in [-0.2, 0) is 4.43 Å². The molecule has 2 heteroatoms. The highest BCUT2D eigenvalue weighted by Gasteiger charge is 2.47. The quantitative estimate of drug-likeness (QED) is 0.303. The lowest BCUT2D eigenvalue weighted by Crippen LogP contribution is -2.47. The second-order valence-electron chi connectivity index (χ2n) is 8.44. The van der Waals surface area contributed by atoms with E-state index in [2.05, 4.69) is 91.8 Å². The third-order valence-electron chi connectivity index (χ3n) is 5.50. The van der Waals surface area contributed by atoms with Crippen LogP contribution in [0.1, 0.15) is 80.2 Å². The van der Waals surface area contributed by atoms with Crippen LogP contribution in [0.15, 0.2) is 36.4 Å². The zero-order chi connectivity index (χ0) is 19.0. The van der Waals surface area contributed by atoms with Gasteiger partial charge in [-0.15, -0.1) is 0 Å². The number of benzene rings is 1. The standard InChI is InChI=1S/C23H40OSi/c1-9-10-14-21(8)17-23(22-15-12-11-13-16-22)24-25(18(2)3,19(4)5)20(6)7/h11-13,15-21H,9-10,14H2,1-8H3/b23-17-. The molecule has 0 aliphatic heterocycles. The normalized spacial score (nSPS) is 14.4. The van der Waals surface area contributed by atoms with E-state index in [9.17, 15) is 0 Å². The highest BCUT2D eigenvalue weighted by atomic mass is 28.4. The molecule has 0 saturated carbocycles. The van der Waals surface area contributed by atoms with Gasteiger partial charge in [0.25, 0.3) is 8.32 Å². The summed E-state index contributed by atoms with van der Waals surface area (Å²) < 4.78 is 7.06. The van der Waals surface area contributed by atoms with Crippen LogP contribution in [0.2, 0.25) is 16.6 Å². The van der Waals surface area contributed by atoms with Crippen molar-refractivity contribution in [3.05, 3.63) is 42.0 Å². The molecule has 0 amide bonds. The molecule has 0 heterocycles. The highest BCUT2D eigenvalue weighted by Crippen LogP contribution is 2.45. The molecular weight excluding hydrogens is 320 g/mol. The smallest absolute Gasteiger partial charge is 0.258 e. The van der Waals surface area contributed by atoms with Gasteiger partial charge in [0.1, 0.15) is 5.76 Å². The van der Waals surface area contributed by atoms with Crippen molar-refractivity contribution in [2.45, 2.75) is 91.3 Å². The van der Waals surface area contributed by atoms with Gasteiger partial charge in [0.15, 0.2) is 0 Å². The zero-order valence-electron chi connectivity index (χ0n) is 17.8. The minimum absolute atomic E-state index is 0.549. The number of rotatable bonds is 10.